The molecule has 0 radical (unpaired) electrons. The summed E-state index contributed by atoms with van der Waals surface area (Å²) in [7, 11) is 0. The van der Waals surface area contributed by atoms with E-state index in [1.54, 1.807) is 0 Å². The van der Waals surface area contributed by atoms with Crippen molar-refractivity contribution in [3.63, 3.8) is 0 Å². The van der Waals surface area contributed by atoms with E-state index in [-0.39, 0.29) is 0 Å². The predicted molar refractivity (Wildman–Crippen MR) is 58.8 cm³/mol. The Bertz CT molecular complexity index is 343. The molecule has 0 aromatic carbocycles. The Morgan fingerprint density at radius 3 is 3.07 bits per heavy atom. The molecule has 2 heterocycles. The normalized spacial score (nSPS) is 14.4. The number of hydrogen-bond acceptors (Lipinski definition) is 4. The van der Waals surface area contributed by atoms with E-state index in [4.69, 9.17) is 17.3 Å². The lowest BCUT2D eigenvalue weighted by Crippen LogP contribution is -2.04. The molecule has 0 unspecified atom stereocenters. The van der Waals surface area contributed by atoms with Crippen molar-refractivity contribution in [3.05, 3.63) is 16.7 Å². The molecule has 14 heavy (non-hydrogen) atoms. The van der Waals surface area contributed by atoms with Crippen LogP contribution in [0, 0.1) is 0 Å². The van der Waals surface area contributed by atoms with Crippen LogP contribution < -0.4 is 5.73 Å². The van der Waals surface area contributed by atoms with Gasteiger partial charge in [-0.15, -0.1) is 11.8 Å². The van der Waals surface area contributed by atoms with E-state index in [2.05, 4.69) is 9.97 Å². The second-order valence-electron chi connectivity index (χ2n) is 3.21. The van der Waals surface area contributed by atoms with Crippen molar-refractivity contribution in [2.24, 2.45) is 5.73 Å². The van der Waals surface area contributed by atoms with Crippen molar-refractivity contribution in [2.75, 3.05) is 12.3 Å². The SMILES string of the molecule is NCCCc1nc(Cl)nc2c1SCC2. The number of fused-ring (bicyclic) bond motifs is 1. The van der Waals surface area contributed by atoms with Crippen LogP contribution in [0.1, 0.15) is 17.8 Å². The van der Waals surface area contributed by atoms with Crippen molar-refractivity contribution in [1.29, 1.82) is 0 Å². The highest BCUT2D eigenvalue weighted by molar-refractivity contribution is 7.99. The molecule has 0 bridgehead atoms. The van der Waals surface area contributed by atoms with Crippen LogP contribution >= 0.6 is 23.4 Å². The zero-order valence-electron chi connectivity index (χ0n) is 7.79. The van der Waals surface area contributed by atoms with Crippen LogP contribution in [0.4, 0.5) is 0 Å². The van der Waals surface area contributed by atoms with E-state index in [9.17, 15) is 0 Å². The van der Waals surface area contributed by atoms with Crippen molar-refractivity contribution in [3.8, 4) is 0 Å². The summed E-state index contributed by atoms with van der Waals surface area (Å²) in [6.07, 6.45) is 2.88. The number of rotatable bonds is 3. The van der Waals surface area contributed by atoms with Gasteiger partial charge in [0.2, 0.25) is 5.28 Å². The van der Waals surface area contributed by atoms with E-state index < -0.39 is 0 Å². The molecular weight excluding hydrogens is 218 g/mol. The fourth-order valence-corrected chi connectivity index (χ4v) is 2.87. The average Bonchev–Trinajstić information content (AvgIpc) is 2.61. The monoisotopic (exact) mass is 229 g/mol. The van der Waals surface area contributed by atoms with E-state index in [0.29, 0.717) is 11.8 Å². The Labute approximate surface area is 92.5 Å². The summed E-state index contributed by atoms with van der Waals surface area (Å²) in [6, 6.07) is 0. The summed E-state index contributed by atoms with van der Waals surface area (Å²) in [5.41, 5.74) is 7.67. The Morgan fingerprint density at radius 2 is 2.29 bits per heavy atom. The first-order valence-electron chi connectivity index (χ1n) is 4.69. The van der Waals surface area contributed by atoms with Crippen molar-refractivity contribution in [1.82, 2.24) is 9.97 Å². The number of aromatic nitrogens is 2. The summed E-state index contributed by atoms with van der Waals surface area (Å²) in [5, 5.41) is 0.373. The van der Waals surface area contributed by atoms with Gasteiger partial charge in [0, 0.05) is 12.2 Å². The van der Waals surface area contributed by atoms with Gasteiger partial charge < -0.3 is 5.73 Å². The first-order valence-corrected chi connectivity index (χ1v) is 6.06. The lowest BCUT2D eigenvalue weighted by atomic mass is 10.2. The topological polar surface area (TPSA) is 51.8 Å². The largest absolute Gasteiger partial charge is 0.330 e. The number of nitrogens with two attached hydrogens (primary N) is 1. The third kappa shape index (κ3) is 2.02. The zero-order valence-corrected chi connectivity index (χ0v) is 9.37. The van der Waals surface area contributed by atoms with Gasteiger partial charge in [0.05, 0.1) is 16.3 Å². The highest BCUT2D eigenvalue weighted by atomic mass is 35.5. The van der Waals surface area contributed by atoms with Crippen LogP contribution in [0.25, 0.3) is 0 Å². The smallest absolute Gasteiger partial charge is 0.222 e. The molecule has 3 nitrogen and oxygen atoms in total. The third-order valence-electron chi connectivity index (χ3n) is 2.18. The summed E-state index contributed by atoms with van der Waals surface area (Å²) in [5.74, 6) is 1.10. The molecular formula is C9H12ClN3S. The van der Waals surface area contributed by atoms with Gasteiger partial charge in [0.15, 0.2) is 0 Å². The zero-order chi connectivity index (χ0) is 9.97. The van der Waals surface area contributed by atoms with Crippen molar-refractivity contribution >= 4 is 23.4 Å². The van der Waals surface area contributed by atoms with Gasteiger partial charge in [-0.25, -0.2) is 9.97 Å². The molecule has 0 saturated carbocycles. The van der Waals surface area contributed by atoms with E-state index in [1.165, 1.54) is 4.90 Å². The second kappa shape index (κ2) is 4.47. The highest BCUT2D eigenvalue weighted by Gasteiger charge is 2.18. The molecule has 0 saturated heterocycles. The minimum Gasteiger partial charge on any atom is -0.330 e. The minimum atomic E-state index is 0.373. The van der Waals surface area contributed by atoms with Gasteiger partial charge >= 0.3 is 0 Å². The Hall–Kier alpha value is -0.320. The summed E-state index contributed by atoms with van der Waals surface area (Å²) in [6.45, 7) is 0.695. The quantitative estimate of drug-likeness (QED) is 0.802. The summed E-state index contributed by atoms with van der Waals surface area (Å²) < 4.78 is 0. The number of nitrogens with zero attached hydrogens (tertiary/aromatic N) is 2. The van der Waals surface area contributed by atoms with Crippen LogP contribution in [0.2, 0.25) is 5.28 Å². The second-order valence-corrected chi connectivity index (χ2v) is 4.65. The molecule has 0 spiro atoms. The molecule has 1 aromatic rings. The number of halogens is 1. The van der Waals surface area contributed by atoms with Gasteiger partial charge in [-0.2, -0.15) is 0 Å². The van der Waals surface area contributed by atoms with Gasteiger partial charge in [-0.3, -0.25) is 0 Å². The van der Waals surface area contributed by atoms with E-state index in [0.717, 1.165) is 36.4 Å². The molecule has 5 heteroatoms. The number of hydrogen-bond donors (Lipinski definition) is 1. The van der Waals surface area contributed by atoms with Gasteiger partial charge in [0.1, 0.15) is 0 Å². The van der Waals surface area contributed by atoms with Crippen LogP contribution in [0.5, 0.6) is 0 Å². The van der Waals surface area contributed by atoms with Gasteiger partial charge in [-0.05, 0) is 31.0 Å². The Morgan fingerprint density at radius 1 is 1.43 bits per heavy atom. The minimum absolute atomic E-state index is 0.373. The molecule has 0 aliphatic carbocycles. The van der Waals surface area contributed by atoms with Crippen molar-refractivity contribution < 1.29 is 0 Å². The Balaban J connectivity index is 2.29. The standard InChI is InChI=1S/C9H12ClN3S/c10-9-12-6(2-1-4-11)8-7(13-9)3-5-14-8/h1-5,11H2. The van der Waals surface area contributed by atoms with Gasteiger partial charge in [0.25, 0.3) is 0 Å². The van der Waals surface area contributed by atoms with E-state index in [1.807, 2.05) is 11.8 Å². The van der Waals surface area contributed by atoms with Crippen LogP contribution in [-0.2, 0) is 12.8 Å². The lowest BCUT2D eigenvalue weighted by molar-refractivity contribution is 0.778. The van der Waals surface area contributed by atoms with Crippen LogP contribution in [0.15, 0.2) is 4.90 Å². The maximum absolute atomic E-state index is 5.84. The first-order chi connectivity index (χ1) is 6.81. The predicted octanol–water partition coefficient (Wildman–Crippen LogP) is 1.67. The maximum atomic E-state index is 5.84. The fourth-order valence-electron chi connectivity index (χ4n) is 1.54. The number of thioether (sulfide) groups is 1. The average molecular weight is 230 g/mol. The maximum Gasteiger partial charge on any atom is 0.222 e. The third-order valence-corrected chi connectivity index (χ3v) is 3.52. The van der Waals surface area contributed by atoms with Crippen LogP contribution in [-0.4, -0.2) is 22.3 Å². The molecule has 1 aliphatic heterocycles. The highest BCUT2D eigenvalue weighted by Crippen LogP contribution is 2.33. The molecule has 1 aromatic heterocycles. The fraction of sp³-hybridized carbons (Fsp3) is 0.556. The van der Waals surface area contributed by atoms with Crippen molar-refractivity contribution in [2.45, 2.75) is 24.2 Å². The molecule has 0 atom stereocenters. The number of aryl methyl sites for hydroxylation is 2. The van der Waals surface area contributed by atoms with Crippen LogP contribution in [0.3, 0.4) is 0 Å². The molecule has 1 aliphatic rings. The first kappa shape index (κ1) is 10.2. The van der Waals surface area contributed by atoms with Gasteiger partial charge in [-0.1, -0.05) is 0 Å². The molecule has 2 rings (SSSR count). The Kier molecular flexibility index (Phi) is 3.26. The lowest BCUT2D eigenvalue weighted by Gasteiger charge is -2.05. The molecule has 0 fully saturated rings. The molecule has 76 valence electrons. The molecule has 0 amide bonds. The summed E-state index contributed by atoms with van der Waals surface area (Å²) >= 11 is 7.67. The summed E-state index contributed by atoms with van der Waals surface area (Å²) in [4.78, 5) is 9.72. The van der Waals surface area contributed by atoms with E-state index >= 15 is 0 Å². The molecule has 2 N–H and O–H groups in total.